The average molecular weight is 723 g/mol. The Hall–Kier alpha value is -5.09. The topological polar surface area (TPSA) is 41.9 Å². The highest BCUT2D eigenvalue weighted by molar-refractivity contribution is 5.75. The zero-order valence-corrected chi connectivity index (χ0v) is 32.7. The number of benzene rings is 3. The number of pyridine rings is 1. The first-order chi connectivity index (χ1) is 27.1. The number of allylic oxidation sites excluding steroid dienone is 5. The van der Waals surface area contributed by atoms with Crippen molar-refractivity contribution in [3.05, 3.63) is 145 Å². The fourth-order valence-electron chi connectivity index (χ4n) is 10.9. The van der Waals surface area contributed by atoms with Crippen molar-refractivity contribution in [2.24, 2.45) is 35.5 Å². The number of hydrogen-bond acceptors (Lipinski definition) is 4. The number of hydrogen-bond donors (Lipinski definition) is 0. The molecular formula is C51H54N4. The maximum Gasteiger partial charge on any atom is 0.160 e. The van der Waals surface area contributed by atoms with E-state index >= 15 is 0 Å². The first kappa shape index (κ1) is 35.6. The smallest absolute Gasteiger partial charge is 0.160 e. The van der Waals surface area contributed by atoms with Crippen LogP contribution in [-0.4, -0.2) is 21.0 Å². The first-order valence-electron chi connectivity index (χ1n) is 21.0. The predicted molar refractivity (Wildman–Crippen MR) is 228 cm³/mol. The fourth-order valence-corrected chi connectivity index (χ4v) is 10.9. The maximum absolute atomic E-state index is 5.16. The Morgan fingerprint density at radius 2 is 1.47 bits per heavy atom. The highest BCUT2D eigenvalue weighted by Gasteiger charge is 2.53. The van der Waals surface area contributed by atoms with E-state index in [0.29, 0.717) is 17.9 Å². The maximum atomic E-state index is 5.16. The van der Waals surface area contributed by atoms with Gasteiger partial charge in [0.1, 0.15) is 0 Å². The lowest BCUT2D eigenvalue weighted by atomic mass is 9.54. The van der Waals surface area contributed by atoms with Gasteiger partial charge in [0.15, 0.2) is 5.82 Å². The van der Waals surface area contributed by atoms with E-state index in [2.05, 4.69) is 140 Å². The molecule has 0 spiro atoms. The van der Waals surface area contributed by atoms with E-state index in [1.807, 2.05) is 24.5 Å². The molecule has 2 aromatic heterocycles. The molecule has 278 valence electrons. The summed E-state index contributed by atoms with van der Waals surface area (Å²) in [6.07, 6.45) is 23.7. The number of rotatable bonds is 9. The second-order valence-corrected chi connectivity index (χ2v) is 16.6. The van der Waals surface area contributed by atoms with Crippen LogP contribution in [0.2, 0.25) is 0 Å². The van der Waals surface area contributed by atoms with Crippen LogP contribution in [0.4, 0.5) is 5.69 Å². The first-order valence-corrected chi connectivity index (χ1v) is 21.0. The van der Waals surface area contributed by atoms with E-state index in [-0.39, 0.29) is 0 Å². The molecule has 4 heteroatoms. The van der Waals surface area contributed by atoms with Gasteiger partial charge in [-0.2, -0.15) is 0 Å². The van der Waals surface area contributed by atoms with Gasteiger partial charge >= 0.3 is 0 Å². The summed E-state index contributed by atoms with van der Waals surface area (Å²) in [4.78, 5) is 17.4. The summed E-state index contributed by atoms with van der Waals surface area (Å²) >= 11 is 0. The Labute approximate surface area is 328 Å². The third kappa shape index (κ3) is 6.90. The van der Waals surface area contributed by atoms with Gasteiger partial charge in [0.25, 0.3) is 0 Å². The molecule has 9 rings (SSSR count). The van der Waals surface area contributed by atoms with Gasteiger partial charge in [0.05, 0.1) is 11.4 Å². The second kappa shape index (κ2) is 15.6. The van der Waals surface area contributed by atoms with E-state index in [1.54, 1.807) is 11.3 Å². The van der Waals surface area contributed by atoms with Gasteiger partial charge < -0.3 is 4.90 Å². The van der Waals surface area contributed by atoms with Gasteiger partial charge in [-0.15, -0.1) is 0 Å². The molecular weight excluding hydrogens is 669 g/mol. The van der Waals surface area contributed by atoms with Crippen molar-refractivity contribution in [2.45, 2.75) is 78.2 Å². The molecule has 5 aromatic rings. The standard InChI is InChI=1S/C51H54N4/c1-4-5-6-8-14-36-20-25-41-31-48-50(35(3)49(41)34(36)2)44-18-11-12-19-47(44)55(48)43-28-26-39(27-29-43)46-32-45(53-51(54-46)40-15-9-7-10-16-40)38-23-21-37(22-24-38)42-17-13-30-52-33-42/h6-11,13,15-18,21-24,26-30,32-36,41,48-50H,4-5,12,14,19-20,25,31H2,1-3H3/b8-6-/t34?,35?,36?,41?,48-,49-,50-/m0/s1. The van der Waals surface area contributed by atoms with Crippen molar-refractivity contribution in [3.8, 4) is 45.0 Å². The molecule has 3 aromatic carbocycles. The number of fused-ring (bicyclic) bond motifs is 3. The molecule has 0 bridgehead atoms. The van der Waals surface area contributed by atoms with Crippen molar-refractivity contribution < 1.29 is 0 Å². The van der Waals surface area contributed by atoms with Crippen LogP contribution in [0, 0.1) is 35.5 Å². The normalized spacial score (nSPS) is 25.9. The molecule has 0 radical (unpaired) electrons. The predicted octanol–water partition coefficient (Wildman–Crippen LogP) is 13.0. The monoisotopic (exact) mass is 722 g/mol. The highest BCUT2D eigenvalue weighted by Crippen LogP contribution is 2.58. The average Bonchev–Trinajstić information content (AvgIpc) is 3.58. The van der Waals surface area contributed by atoms with Crippen LogP contribution >= 0.6 is 0 Å². The van der Waals surface area contributed by atoms with Gasteiger partial charge in [0, 0.05) is 52.4 Å². The Bertz CT molecular complexity index is 2180. The molecule has 0 amide bonds. The van der Waals surface area contributed by atoms with Crippen molar-refractivity contribution in [1.82, 2.24) is 15.0 Å². The Morgan fingerprint density at radius 1 is 0.745 bits per heavy atom. The lowest BCUT2D eigenvalue weighted by molar-refractivity contribution is 0.000243. The molecule has 2 saturated carbocycles. The fraction of sp³-hybridized carbons (Fsp3) is 0.353. The van der Waals surface area contributed by atoms with E-state index in [1.165, 1.54) is 44.2 Å². The quantitative estimate of drug-likeness (QED) is 0.142. The van der Waals surface area contributed by atoms with Crippen LogP contribution in [0.5, 0.6) is 0 Å². The molecule has 0 saturated heterocycles. The number of anilines is 1. The summed E-state index contributed by atoms with van der Waals surface area (Å²) in [6, 6.07) is 35.1. The molecule has 3 heterocycles. The lowest BCUT2D eigenvalue weighted by Gasteiger charge is -2.53. The van der Waals surface area contributed by atoms with Crippen molar-refractivity contribution in [3.63, 3.8) is 0 Å². The molecule has 4 unspecified atom stereocenters. The van der Waals surface area contributed by atoms with Gasteiger partial charge in [-0.3, -0.25) is 4.98 Å². The van der Waals surface area contributed by atoms with Gasteiger partial charge in [-0.1, -0.05) is 124 Å². The van der Waals surface area contributed by atoms with E-state index in [0.717, 1.165) is 81.5 Å². The SMILES string of the molecule is CCC/C=C\CC1CCC2C[C@H]3[C@H](C4=C(CCC=C4)N3c3ccc(-c4cc(-c5ccc(-c6cccnc6)cc5)nc(-c5ccccc5)n4)cc3)C(C)[C@@H]2C1C. The molecule has 7 atom stereocenters. The summed E-state index contributed by atoms with van der Waals surface area (Å²) in [7, 11) is 0. The van der Waals surface area contributed by atoms with E-state index in [4.69, 9.17) is 9.97 Å². The van der Waals surface area contributed by atoms with Gasteiger partial charge in [-0.25, -0.2) is 9.97 Å². The Kier molecular flexibility index (Phi) is 10.1. The van der Waals surface area contributed by atoms with Crippen LogP contribution in [0.1, 0.15) is 72.1 Å². The van der Waals surface area contributed by atoms with Crippen molar-refractivity contribution in [2.75, 3.05) is 4.90 Å². The summed E-state index contributed by atoms with van der Waals surface area (Å²) in [6.45, 7) is 7.49. The van der Waals surface area contributed by atoms with Crippen molar-refractivity contribution >= 4 is 5.69 Å². The minimum atomic E-state index is 0.535. The minimum absolute atomic E-state index is 0.535. The van der Waals surface area contributed by atoms with Crippen LogP contribution in [0.25, 0.3) is 45.0 Å². The second-order valence-electron chi connectivity index (χ2n) is 16.6. The summed E-state index contributed by atoms with van der Waals surface area (Å²) in [5.41, 5.74) is 11.8. The Morgan fingerprint density at radius 3 is 2.20 bits per heavy atom. The summed E-state index contributed by atoms with van der Waals surface area (Å²) in [5.74, 6) is 5.26. The van der Waals surface area contributed by atoms with E-state index < -0.39 is 0 Å². The zero-order chi connectivity index (χ0) is 37.3. The zero-order valence-electron chi connectivity index (χ0n) is 32.7. The van der Waals surface area contributed by atoms with Crippen LogP contribution < -0.4 is 4.90 Å². The molecule has 4 nitrogen and oxygen atoms in total. The number of aromatic nitrogens is 3. The summed E-state index contributed by atoms with van der Waals surface area (Å²) in [5, 5.41) is 0. The minimum Gasteiger partial charge on any atom is -0.341 e. The van der Waals surface area contributed by atoms with E-state index in [9.17, 15) is 0 Å². The van der Waals surface area contributed by atoms with Crippen molar-refractivity contribution in [1.29, 1.82) is 0 Å². The molecule has 1 aliphatic heterocycles. The molecule has 2 fully saturated rings. The molecule has 0 N–H and O–H groups in total. The Balaban J connectivity index is 1.02. The van der Waals surface area contributed by atoms with Crippen LogP contribution in [0.15, 0.2) is 145 Å². The number of unbranched alkanes of at least 4 members (excludes halogenated alkanes) is 1. The summed E-state index contributed by atoms with van der Waals surface area (Å²) < 4.78 is 0. The van der Waals surface area contributed by atoms with Gasteiger partial charge in [-0.05, 0) is 116 Å². The third-order valence-corrected chi connectivity index (χ3v) is 13.5. The number of nitrogens with zero attached hydrogens (tertiary/aromatic N) is 4. The molecule has 4 aliphatic rings. The third-order valence-electron chi connectivity index (χ3n) is 13.5. The molecule has 55 heavy (non-hydrogen) atoms. The molecule has 3 aliphatic carbocycles. The van der Waals surface area contributed by atoms with Crippen LogP contribution in [0.3, 0.4) is 0 Å². The lowest BCUT2D eigenvalue weighted by Crippen LogP contribution is -2.50. The largest absolute Gasteiger partial charge is 0.341 e. The van der Waals surface area contributed by atoms with Gasteiger partial charge in [0.2, 0.25) is 0 Å². The van der Waals surface area contributed by atoms with Crippen LogP contribution in [-0.2, 0) is 0 Å². The highest BCUT2D eigenvalue weighted by atomic mass is 15.2.